The van der Waals surface area contributed by atoms with Crippen LogP contribution in [0.3, 0.4) is 0 Å². The monoisotopic (exact) mass is 211 g/mol. The van der Waals surface area contributed by atoms with Gasteiger partial charge in [0.05, 0.1) is 0 Å². The molecule has 0 spiro atoms. The minimum atomic E-state index is -0.181. The molecule has 1 heterocycles. The first-order valence-electron chi connectivity index (χ1n) is 4.78. The number of hydrogen-bond acceptors (Lipinski definition) is 2. The Labute approximate surface area is 87.9 Å². The van der Waals surface area contributed by atoms with Gasteiger partial charge in [0, 0.05) is 11.3 Å². The number of thioether (sulfide) groups is 1. The van der Waals surface area contributed by atoms with Gasteiger partial charge in [-0.15, -0.1) is 11.8 Å². The number of halogens is 1. The van der Waals surface area contributed by atoms with E-state index in [1.54, 1.807) is 0 Å². The Balaban J connectivity index is 2.45. The Kier molecular flexibility index (Phi) is 2.43. The summed E-state index contributed by atoms with van der Waals surface area (Å²) in [6.45, 7) is 4.20. The van der Waals surface area contributed by atoms with Gasteiger partial charge in [-0.2, -0.15) is 0 Å². The standard InChI is InChI=1S/C11H14FNS/c1-6-3-4-8(7(6)2)9-5-14-11(13)10(9)12/h3-5,13H2,1-2H3/b9-8+. The van der Waals surface area contributed by atoms with E-state index in [9.17, 15) is 4.39 Å². The van der Waals surface area contributed by atoms with Crippen LogP contribution in [0.5, 0.6) is 0 Å². The van der Waals surface area contributed by atoms with Crippen LogP contribution in [0.25, 0.3) is 0 Å². The highest BCUT2D eigenvalue weighted by molar-refractivity contribution is 8.03. The van der Waals surface area contributed by atoms with Gasteiger partial charge in [0.25, 0.3) is 0 Å². The van der Waals surface area contributed by atoms with Crippen LogP contribution >= 0.6 is 11.8 Å². The molecule has 0 amide bonds. The highest BCUT2D eigenvalue weighted by atomic mass is 32.2. The molecular weight excluding hydrogens is 197 g/mol. The summed E-state index contributed by atoms with van der Waals surface area (Å²) in [6, 6.07) is 0. The molecule has 0 atom stereocenters. The first-order valence-corrected chi connectivity index (χ1v) is 5.77. The molecule has 0 bridgehead atoms. The van der Waals surface area contributed by atoms with Crippen LogP contribution in [-0.2, 0) is 0 Å². The van der Waals surface area contributed by atoms with Crippen molar-refractivity contribution >= 4 is 11.8 Å². The molecule has 1 aliphatic heterocycles. The summed E-state index contributed by atoms with van der Waals surface area (Å²) in [6.07, 6.45) is 2.05. The molecule has 0 radical (unpaired) electrons. The summed E-state index contributed by atoms with van der Waals surface area (Å²) in [4.78, 5) is 0. The van der Waals surface area contributed by atoms with Crippen LogP contribution in [-0.4, -0.2) is 5.75 Å². The topological polar surface area (TPSA) is 26.0 Å². The maximum Gasteiger partial charge on any atom is 0.157 e. The lowest BCUT2D eigenvalue weighted by molar-refractivity contribution is 0.647. The molecule has 0 fully saturated rings. The molecule has 0 aromatic heterocycles. The summed E-state index contributed by atoms with van der Waals surface area (Å²) in [5.41, 5.74) is 10.2. The summed E-state index contributed by atoms with van der Waals surface area (Å²) >= 11 is 1.41. The highest BCUT2D eigenvalue weighted by Gasteiger charge is 2.25. The molecule has 1 nitrogen and oxygen atoms in total. The Morgan fingerprint density at radius 1 is 1.21 bits per heavy atom. The summed E-state index contributed by atoms with van der Waals surface area (Å²) in [5, 5.41) is 0.352. The zero-order valence-corrected chi connectivity index (χ0v) is 9.30. The first-order chi connectivity index (χ1) is 6.61. The molecule has 2 N–H and O–H groups in total. The van der Waals surface area contributed by atoms with Crippen molar-refractivity contribution in [2.75, 3.05) is 5.75 Å². The predicted octanol–water partition coefficient (Wildman–Crippen LogP) is 3.26. The second-order valence-corrected chi connectivity index (χ2v) is 4.85. The molecule has 76 valence electrons. The van der Waals surface area contributed by atoms with Crippen molar-refractivity contribution in [3.8, 4) is 0 Å². The minimum Gasteiger partial charge on any atom is -0.391 e. The molecule has 1 aliphatic carbocycles. The summed E-state index contributed by atoms with van der Waals surface area (Å²) in [5.74, 6) is 0.525. The molecule has 2 rings (SSSR count). The second kappa shape index (κ2) is 3.46. The maximum atomic E-state index is 13.6. The zero-order chi connectivity index (χ0) is 10.3. The molecule has 0 aromatic rings. The van der Waals surface area contributed by atoms with E-state index in [-0.39, 0.29) is 5.83 Å². The number of allylic oxidation sites excluding steroid dienone is 4. The molecule has 14 heavy (non-hydrogen) atoms. The van der Waals surface area contributed by atoms with E-state index in [1.165, 1.54) is 28.5 Å². The predicted molar refractivity (Wildman–Crippen MR) is 59.4 cm³/mol. The van der Waals surface area contributed by atoms with E-state index in [0.717, 1.165) is 18.4 Å². The molecule has 0 saturated carbocycles. The Bertz CT molecular complexity index is 341. The number of nitrogens with two attached hydrogens (primary N) is 1. The Hall–Kier alpha value is -0.700. The van der Waals surface area contributed by atoms with Gasteiger partial charge >= 0.3 is 0 Å². The van der Waals surface area contributed by atoms with Gasteiger partial charge < -0.3 is 5.73 Å². The third-order valence-electron chi connectivity index (χ3n) is 3.06. The Morgan fingerprint density at radius 3 is 2.36 bits per heavy atom. The normalized spacial score (nSPS) is 28.2. The molecule has 0 aromatic carbocycles. The van der Waals surface area contributed by atoms with Crippen LogP contribution in [0.2, 0.25) is 0 Å². The smallest absolute Gasteiger partial charge is 0.157 e. The van der Waals surface area contributed by atoms with Crippen molar-refractivity contribution in [1.82, 2.24) is 0 Å². The average Bonchev–Trinajstić information content (AvgIpc) is 2.63. The molecule has 0 saturated heterocycles. The number of hydrogen-bond donors (Lipinski definition) is 1. The van der Waals surface area contributed by atoms with Crippen molar-refractivity contribution < 1.29 is 4.39 Å². The largest absolute Gasteiger partial charge is 0.391 e. The van der Waals surface area contributed by atoms with Gasteiger partial charge in [-0.25, -0.2) is 4.39 Å². The number of rotatable bonds is 0. The third-order valence-corrected chi connectivity index (χ3v) is 3.98. The van der Waals surface area contributed by atoms with Crippen LogP contribution in [0, 0.1) is 0 Å². The lowest BCUT2D eigenvalue weighted by Crippen LogP contribution is -1.93. The van der Waals surface area contributed by atoms with Crippen molar-refractivity contribution in [1.29, 1.82) is 0 Å². The fourth-order valence-corrected chi connectivity index (χ4v) is 2.82. The SMILES string of the molecule is CC1=C(C)/C(=C2\CSC(N)=C2F)CC1. The fourth-order valence-electron chi connectivity index (χ4n) is 1.97. The zero-order valence-electron chi connectivity index (χ0n) is 8.48. The first kappa shape index (κ1) is 9.84. The summed E-state index contributed by atoms with van der Waals surface area (Å²) < 4.78 is 13.6. The lowest BCUT2D eigenvalue weighted by Gasteiger charge is -2.04. The van der Waals surface area contributed by atoms with Gasteiger partial charge in [0.2, 0.25) is 0 Å². The van der Waals surface area contributed by atoms with Crippen LogP contribution in [0.1, 0.15) is 26.7 Å². The molecular formula is C11H14FNS. The van der Waals surface area contributed by atoms with Crippen molar-refractivity contribution in [2.24, 2.45) is 5.73 Å². The molecule has 3 heteroatoms. The second-order valence-electron chi connectivity index (χ2n) is 3.83. The van der Waals surface area contributed by atoms with Crippen LogP contribution in [0.4, 0.5) is 4.39 Å². The molecule has 2 aliphatic rings. The third kappa shape index (κ3) is 1.40. The molecule has 0 unspecified atom stereocenters. The van der Waals surface area contributed by atoms with Gasteiger partial charge in [-0.3, -0.25) is 0 Å². The van der Waals surface area contributed by atoms with Gasteiger partial charge in [-0.05, 0) is 37.8 Å². The minimum absolute atomic E-state index is 0.181. The van der Waals surface area contributed by atoms with E-state index in [2.05, 4.69) is 13.8 Å². The average molecular weight is 211 g/mol. The van der Waals surface area contributed by atoms with E-state index < -0.39 is 0 Å². The van der Waals surface area contributed by atoms with E-state index in [4.69, 9.17) is 5.73 Å². The van der Waals surface area contributed by atoms with E-state index in [0.29, 0.717) is 10.8 Å². The fraction of sp³-hybridized carbons (Fsp3) is 0.455. The maximum absolute atomic E-state index is 13.6. The van der Waals surface area contributed by atoms with Gasteiger partial charge in [0.1, 0.15) is 5.03 Å². The van der Waals surface area contributed by atoms with E-state index in [1.807, 2.05) is 0 Å². The van der Waals surface area contributed by atoms with Crippen molar-refractivity contribution in [3.63, 3.8) is 0 Å². The van der Waals surface area contributed by atoms with Crippen molar-refractivity contribution in [2.45, 2.75) is 26.7 Å². The Morgan fingerprint density at radius 2 is 1.93 bits per heavy atom. The van der Waals surface area contributed by atoms with Crippen LogP contribution in [0.15, 0.2) is 33.1 Å². The van der Waals surface area contributed by atoms with Gasteiger partial charge in [-0.1, -0.05) is 5.57 Å². The van der Waals surface area contributed by atoms with Crippen molar-refractivity contribution in [3.05, 3.63) is 33.1 Å². The highest BCUT2D eigenvalue weighted by Crippen LogP contribution is 2.41. The van der Waals surface area contributed by atoms with E-state index >= 15 is 0 Å². The van der Waals surface area contributed by atoms with Gasteiger partial charge in [0.15, 0.2) is 5.83 Å². The summed E-state index contributed by atoms with van der Waals surface area (Å²) in [7, 11) is 0. The van der Waals surface area contributed by atoms with Crippen LogP contribution < -0.4 is 5.73 Å². The lowest BCUT2D eigenvalue weighted by atomic mass is 10.0. The quantitative estimate of drug-likeness (QED) is 0.665.